The van der Waals surface area contributed by atoms with Gasteiger partial charge in [0.05, 0.1) is 0 Å². The molecule has 1 aliphatic heterocycles. The predicted molar refractivity (Wildman–Crippen MR) is 80.9 cm³/mol. The monoisotopic (exact) mass is 286 g/mol. The number of carbonyl (C=O) groups excluding carboxylic acids is 2. The molecule has 2 aliphatic rings. The normalized spacial score (nSPS) is 19.9. The molecule has 112 valence electrons. The smallest absolute Gasteiger partial charge is 0.251 e. The Balaban J connectivity index is 1.47. The first-order chi connectivity index (χ1) is 10.2. The van der Waals surface area contributed by atoms with Crippen LogP contribution in [0.3, 0.4) is 0 Å². The fourth-order valence-corrected chi connectivity index (χ4v) is 3.02. The summed E-state index contributed by atoms with van der Waals surface area (Å²) in [5.41, 5.74) is 0.700. The van der Waals surface area contributed by atoms with E-state index in [1.54, 1.807) is 0 Å². The lowest BCUT2D eigenvalue weighted by Crippen LogP contribution is -2.48. The fourth-order valence-electron chi connectivity index (χ4n) is 3.02. The summed E-state index contributed by atoms with van der Waals surface area (Å²) >= 11 is 0. The number of rotatable bonds is 3. The first kappa shape index (κ1) is 14.1. The van der Waals surface area contributed by atoms with Gasteiger partial charge in [0.25, 0.3) is 5.91 Å². The Labute approximate surface area is 125 Å². The molecular formula is C17H22N2O2. The minimum atomic E-state index is -0.0145. The average molecular weight is 286 g/mol. The highest BCUT2D eigenvalue weighted by atomic mass is 16.2. The Morgan fingerprint density at radius 1 is 1.00 bits per heavy atom. The number of likely N-dealkylation sites (tertiary alicyclic amines) is 1. The van der Waals surface area contributed by atoms with Crippen LogP contribution in [0.15, 0.2) is 30.3 Å². The molecule has 1 aromatic rings. The van der Waals surface area contributed by atoms with E-state index in [0.29, 0.717) is 11.5 Å². The van der Waals surface area contributed by atoms with Crippen LogP contribution in [-0.4, -0.2) is 35.8 Å². The molecule has 1 N–H and O–H groups in total. The number of piperidine rings is 1. The SMILES string of the molecule is O=C(NC1CCN(C(=O)C2CCC2)CC1)c1ccccc1. The van der Waals surface area contributed by atoms with Crippen molar-refractivity contribution in [3.05, 3.63) is 35.9 Å². The van der Waals surface area contributed by atoms with Gasteiger partial charge in [0.15, 0.2) is 0 Å². The summed E-state index contributed by atoms with van der Waals surface area (Å²) in [5, 5.41) is 3.07. The molecule has 1 saturated heterocycles. The number of hydrogen-bond acceptors (Lipinski definition) is 2. The maximum atomic E-state index is 12.2. The van der Waals surface area contributed by atoms with Crippen molar-refractivity contribution in [2.75, 3.05) is 13.1 Å². The summed E-state index contributed by atoms with van der Waals surface area (Å²) in [6.45, 7) is 1.55. The quantitative estimate of drug-likeness (QED) is 0.926. The summed E-state index contributed by atoms with van der Waals surface area (Å²) in [7, 11) is 0. The molecule has 0 aromatic heterocycles. The van der Waals surface area contributed by atoms with Gasteiger partial charge >= 0.3 is 0 Å². The van der Waals surface area contributed by atoms with Crippen molar-refractivity contribution in [1.29, 1.82) is 0 Å². The second-order valence-corrected chi connectivity index (χ2v) is 6.07. The lowest BCUT2D eigenvalue weighted by atomic mass is 9.84. The largest absolute Gasteiger partial charge is 0.349 e. The summed E-state index contributed by atoms with van der Waals surface area (Å²) in [4.78, 5) is 26.3. The Morgan fingerprint density at radius 3 is 2.24 bits per heavy atom. The molecule has 3 rings (SSSR count). The molecule has 0 spiro atoms. The molecule has 2 amide bonds. The molecule has 0 radical (unpaired) electrons. The summed E-state index contributed by atoms with van der Waals surface area (Å²) in [5.74, 6) is 0.592. The zero-order valence-electron chi connectivity index (χ0n) is 12.3. The third-order valence-corrected chi connectivity index (χ3v) is 4.63. The van der Waals surface area contributed by atoms with Crippen molar-refractivity contribution in [3.63, 3.8) is 0 Å². The van der Waals surface area contributed by atoms with Crippen molar-refractivity contribution >= 4 is 11.8 Å². The molecule has 4 heteroatoms. The molecule has 1 aromatic carbocycles. The van der Waals surface area contributed by atoms with E-state index < -0.39 is 0 Å². The third kappa shape index (κ3) is 3.26. The van der Waals surface area contributed by atoms with Crippen LogP contribution in [0.25, 0.3) is 0 Å². The zero-order chi connectivity index (χ0) is 14.7. The van der Waals surface area contributed by atoms with E-state index in [4.69, 9.17) is 0 Å². The highest BCUT2D eigenvalue weighted by molar-refractivity contribution is 5.94. The molecule has 1 aliphatic carbocycles. The van der Waals surface area contributed by atoms with Gasteiger partial charge < -0.3 is 10.2 Å². The predicted octanol–water partition coefficient (Wildman–Crippen LogP) is 2.21. The number of hydrogen-bond donors (Lipinski definition) is 1. The van der Waals surface area contributed by atoms with Gasteiger partial charge in [0.2, 0.25) is 5.91 Å². The van der Waals surface area contributed by atoms with Gasteiger partial charge in [0.1, 0.15) is 0 Å². The van der Waals surface area contributed by atoms with Crippen molar-refractivity contribution in [1.82, 2.24) is 10.2 Å². The van der Waals surface area contributed by atoms with Crippen LogP contribution in [-0.2, 0) is 4.79 Å². The molecule has 0 atom stereocenters. The molecule has 1 heterocycles. The van der Waals surface area contributed by atoms with Crippen LogP contribution in [0.4, 0.5) is 0 Å². The molecular weight excluding hydrogens is 264 g/mol. The minimum Gasteiger partial charge on any atom is -0.349 e. The highest BCUT2D eigenvalue weighted by Crippen LogP contribution is 2.29. The first-order valence-corrected chi connectivity index (χ1v) is 7.89. The van der Waals surface area contributed by atoms with Crippen LogP contribution in [0.5, 0.6) is 0 Å². The summed E-state index contributed by atoms with van der Waals surface area (Å²) in [6, 6.07) is 9.48. The van der Waals surface area contributed by atoms with Crippen molar-refractivity contribution in [2.45, 2.75) is 38.1 Å². The number of carbonyl (C=O) groups is 2. The van der Waals surface area contributed by atoms with Gasteiger partial charge in [-0.3, -0.25) is 9.59 Å². The molecule has 1 saturated carbocycles. The Kier molecular flexibility index (Phi) is 4.23. The van der Waals surface area contributed by atoms with E-state index in [-0.39, 0.29) is 17.9 Å². The van der Waals surface area contributed by atoms with Crippen LogP contribution < -0.4 is 5.32 Å². The van der Waals surface area contributed by atoms with Crippen LogP contribution in [0.2, 0.25) is 0 Å². The van der Waals surface area contributed by atoms with Gasteiger partial charge in [0, 0.05) is 30.6 Å². The molecule has 2 fully saturated rings. The maximum absolute atomic E-state index is 12.2. The summed E-state index contributed by atoms with van der Waals surface area (Å²) in [6.07, 6.45) is 5.03. The lowest BCUT2D eigenvalue weighted by molar-refractivity contribution is -0.139. The highest BCUT2D eigenvalue weighted by Gasteiger charge is 2.31. The van der Waals surface area contributed by atoms with Gasteiger partial charge in [-0.1, -0.05) is 24.6 Å². The van der Waals surface area contributed by atoms with E-state index in [9.17, 15) is 9.59 Å². The number of benzene rings is 1. The van der Waals surface area contributed by atoms with Gasteiger partial charge in [-0.25, -0.2) is 0 Å². The Bertz CT molecular complexity index is 503. The van der Waals surface area contributed by atoms with E-state index in [1.807, 2.05) is 35.2 Å². The van der Waals surface area contributed by atoms with Gasteiger partial charge in [-0.15, -0.1) is 0 Å². The molecule has 0 bridgehead atoms. The number of nitrogens with one attached hydrogen (secondary N) is 1. The fraction of sp³-hybridized carbons (Fsp3) is 0.529. The number of amides is 2. The van der Waals surface area contributed by atoms with Crippen molar-refractivity contribution < 1.29 is 9.59 Å². The van der Waals surface area contributed by atoms with Crippen LogP contribution >= 0.6 is 0 Å². The van der Waals surface area contributed by atoms with Gasteiger partial charge in [-0.2, -0.15) is 0 Å². The third-order valence-electron chi connectivity index (χ3n) is 4.63. The van der Waals surface area contributed by atoms with Gasteiger partial charge in [-0.05, 0) is 37.8 Å². The molecule has 4 nitrogen and oxygen atoms in total. The van der Waals surface area contributed by atoms with Crippen molar-refractivity contribution in [3.8, 4) is 0 Å². The zero-order valence-corrected chi connectivity index (χ0v) is 12.3. The molecule has 21 heavy (non-hydrogen) atoms. The number of nitrogens with zero attached hydrogens (tertiary/aromatic N) is 1. The van der Waals surface area contributed by atoms with E-state index in [0.717, 1.165) is 38.8 Å². The van der Waals surface area contributed by atoms with Crippen LogP contribution in [0.1, 0.15) is 42.5 Å². The Morgan fingerprint density at radius 2 is 1.67 bits per heavy atom. The average Bonchev–Trinajstić information content (AvgIpc) is 2.47. The lowest BCUT2D eigenvalue weighted by Gasteiger charge is -2.36. The van der Waals surface area contributed by atoms with E-state index in [1.165, 1.54) is 6.42 Å². The maximum Gasteiger partial charge on any atom is 0.251 e. The van der Waals surface area contributed by atoms with E-state index >= 15 is 0 Å². The topological polar surface area (TPSA) is 49.4 Å². The van der Waals surface area contributed by atoms with Crippen LogP contribution in [0, 0.1) is 5.92 Å². The van der Waals surface area contributed by atoms with Crippen molar-refractivity contribution in [2.24, 2.45) is 5.92 Å². The second-order valence-electron chi connectivity index (χ2n) is 6.07. The first-order valence-electron chi connectivity index (χ1n) is 7.89. The Hall–Kier alpha value is -1.84. The molecule has 0 unspecified atom stereocenters. The second kappa shape index (κ2) is 6.29. The van der Waals surface area contributed by atoms with E-state index in [2.05, 4.69) is 5.32 Å². The standard InChI is InChI=1S/C17H22N2O2/c20-16(13-5-2-1-3-6-13)18-15-9-11-19(12-10-15)17(21)14-7-4-8-14/h1-3,5-6,14-15H,4,7-12H2,(H,18,20). The summed E-state index contributed by atoms with van der Waals surface area (Å²) < 4.78 is 0. The minimum absolute atomic E-state index is 0.0145.